The number of nitrogens with zero attached hydrogens (tertiary/aromatic N) is 2. The second-order valence-electron chi connectivity index (χ2n) is 7.59. The monoisotopic (exact) mass is 446 g/mol. The van der Waals surface area contributed by atoms with Gasteiger partial charge in [0, 0.05) is 39.6 Å². The number of amides is 3. The smallest absolute Gasteiger partial charge is 0.326 e. The Hall–Kier alpha value is -3.89. The third-order valence-corrected chi connectivity index (χ3v) is 6.16. The number of urea groups is 1. The molecule has 1 unspecified atom stereocenters. The van der Waals surface area contributed by atoms with E-state index in [9.17, 15) is 19.2 Å². The number of hydrogen-bond donors (Lipinski definition) is 2. The number of anilines is 2. The van der Waals surface area contributed by atoms with Crippen LogP contribution in [0.2, 0.25) is 5.02 Å². The van der Waals surface area contributed by atoms with Crippen LogP contribution in [-0.4, -0.2) is 18.5 Å². The molecular weight excluding hydrogens is 431 g/mol. The lowest BCUT2D eigenvalue weighted by Crippen LogP contribution is -2.33. The van der Waals surface area contributed by atoms with Gasteiger partial charge in [-0.25, -0.2) is 9.18 Å². The number of rotatable bonds is 2. The van der Waals surface area contributed by atoms with Gasteiger partial charge in [0.15, 0.2) is 0 Å². The summed E-state index contributed by atoms with van der Waals surface area (Å²) in [5, 5.41) is 15.4. The Labute approximate surface area is 188 Å². The van der Waals surface area contributed by atoms with Gasteiger partial charge < -0.3 is 10.6 Å². The van der Waals surface area contributed by atoms with Gasteiger partial charge in [-0.15, -0.1) is 0 Å². The van der Waals surface area contributed by atoms with Gasteiger partial charge in [0.05, 0.1) is 17.7 Å². The second-order valence-corrected chi connectivity index (χ2v) is 7.99. The quantitative estimate of drug-likeness (QED) is 0.594. The molecule has 2 aliphatic rings. The van der Waals surface area contributed by atoms with Gasteiger partial charge in [-0.2, -0.15) is 5.26 Å². The first-order chi connectivity index (χ1) is 15.5. The van der Waals surface area contributed by atoms with Gasteiger partial charge in [-0.1, -0.05) is 23.7 Å². The molecule has 3 amide bonds. The molecule has 0 bridgehead atoms. The van der Waals surface area contributed by atoms with E-state index in [-0.39, 0.29) is 11.9 Å². The molecule has 0 saturated carbocycles. The topological polar surface area (TPSA) is 85.2 Å². The summed E-state index contributed by atoms with van der Waals surface area (Å²) < 4.78 is 13.9. The van der Waals surface area contributed by atoms with Gasteiger partial charge >= 0.3 is 6.03 Å². The van der Waals surface area contributed by atoms with Crippen molar-refractivity contribution in [2.24, 2.45) is 0 Å². The maximum Gasteiger partial charge on any atom is 0.326 e. The maximum absolute atomic E-state index is 13.9. The minimum atomic E-state index is -0.701. The Bertz CT molecular complexity index is 1330. The van der Waals surface area contributed by atoms with Gasteiger partial charge in [-0.05, 0) is 54.4 Å². The van der Waals surface area contributed by atoms with Crippen LogP contribution in [0.3, 0.4) is 0 Å². The van der Waals surface area contributed by atoms with E-state index < -0.39 is 11.9 Å². The van der Waals surface area contributed by atoms with Crippen LogP contribution >= 0.6 is 11.6 Å². The lowest BCUT2D eigenvalue weighted by molar-refractivity contribution is 0.0960. The summed E-state index contributed by atoms with van der Waals surface area (Å²) in [6.45, 7) is 0.436. The molecule has 3 aromatic carbocycles. The van der Waals surface area contributed by atoms with Gasteiger partial charge in [-0.3, -0.25) is 9.69 Å². The fraction of sp³-hybridized carbons (Fsp3) is 0.125. The Kier molecular flexibility index (Phi) is 4.80. The highest BCUT2D eigenvalue weighted by molar-refractivity contribution is 6.31. The summed E-state index contributed by atoms with van der Waals surface area (Å²) >= 11 is 6.30. The zero-order valence-corrected chi connectivity index (χ0v) is 17.4. The van der Waals surface area contributed by atoms with Crippen molar-refractivity contribution >= 4 is 34.9 Å². The molecule has 0 radical (unpaired) electrons. The van der Waals surface area contributed by atoms with Gasteiger partial charge in [0.2, 0.25) is 0 Å². The van der Waals surface area contributed by atoms with E-state index in [4.69, 9.17) is 11.6 Å². The molecule has 32 heavy (non-hydrogen) atoms. The molecule has 158 valence electrons. The van der Waals surface area contributed by atoms with Crippen LogP contribution in [0.1, 0.15) is 38.7 Å². The van der Waals surface area contributed by atoms with Crippen molar-refractivity contribution in [3.8, 4) is 6.07 Å². The van der Waals surface area contributed by atoms with E-state index in [2.05, 4.69) is 16.7 Å². The lowest BCUT2D eigenvalue weighted by atomic mass is 9.96. The normalized spacial score (nSPS) is 16.2. The van der Waals surface area contributed by atoms with E-state index in [0.29, 0.717) is 51.6 Å². The Morgan fingerprint density at radius 3 is 2.84 bits per heavy atom. The van der Waals surface area contributed by atoms with Crippen molar-refractivity contribution in [1.82, 2.24) is 5.32 Å². The number of benzene rings is 3. The molecule has 6 nitrogen and oxygen atoms in total. The first kappa shape index (κ1) is 20.0. The number of halogens is 2. The molecule has 0 aromatic heterocycles. The van der Waals surface area contributed by atoms with E-state index in [1.54, 1.807) is 41.3 Å². The summed E-state index contributed by atoms with van der Waals surface area (Å²) in [4.78, 5) is 27.3. The van der Waals surface area contributed by atoms with Crippen LogP contribution in [0.5, 0.6) is 0 Å². The number of nitrogens with one attached hydrogen (secondary N) is 2. The van der Waals surface area contributed by atoms with Crippen LogP contribution in [0.4, 0.5) is 20.6 Å². The van der Waals surface area contributed by atoms with Crippen molar-refractivity contribution in [3.05, 3.63) is 93.3 Å². The molecular formula is C24H16ClFN4O2. The van der Waals surface area contributed by atoms with Crippen molar-refractivity contribution in [2.45, 2.75) is 12.5 Å². The van der Waals surface area contributed by atoms with Gasteiger partial charge in [0.1, 0.15) is 5.82 Å². The summed E-state index contributed by atoms with van der Waals surface area (Å²) in [7, 11) is 0. The zero-order valence-electron chi connectivity index (χ0n) is 16.7. The fourth-order valence-electron chi connectivity index (χ4n) is 4.37. The molecule has 0 saturated heterocycles. The highest BCUT2D eigenvalue weighted by atomic mass is 35.5. The van der Waals surface area contributed by atoms with Crippen molar-refractivity contribution in [3.63, 3.8) is 0 Å². The number of nitriles is 1. The first-order valence-electron chi connectivity index (χ1n) is 9.97. The molecule has 0 aliphatic carbocycles. The van der Waals surface area contributed by atoms with E-state index in [1.807, 2.05) is 0 Å². The third-order valence-electron chi connectivity index (χ3n) is 5.82. The van der Waals surface area contributed by atoms with Gasteiger partial charge in [0.25, 0.3) is 5.91 Å². The second kappa shape index (κ2) is 7.66. The molecule has 0 fully saturated rings. The summed E-state index contributed by atoms with van der Waals surface area (Å²) in [6, 6.07) is 15.3. The zero-order chi connectivity index (χ0) is 22.4. The minimum absolute atomic E-state index is 0.309. The van der Waals surface area contributed by atoms with E-state index in [0.717, 1.165) is 5.56 Å². The van der Waals surface area contributed by atoms with Crippen LogP contribution in [0.15, 0.2) is 54.6 Å². The maximum atomic E-state index is 13.9. The standard InChI is InChI=1S/C24H16ClFN4O2/c25-18-8-7-14(26)11-17(18)22-21-16(23(31)29-22)4-2-5-19(21)28-24(32)30-10-9-15-13(12-27)3-1-6-20(15)30/h1-8,11,22H,9-10H2,(H,28,32)(H,29,31). The SMILES string of the molecule is N#Cc1cccc2c1CCN2C(=O)Nc1cccc2c1C(c1cc(F)ccc1Cl)NC2=O. The third kappa shape index (κ3) is 3.17. The number of carbonyl (C=O) groups is 2. The van der Waals surface area contributed by atoms with Crippen LogP contribution in [0, 0.1) is 17.1 Å². The molecule has 3 aromatic rings. The van der Waals surface area contributed by atoms with Crippen LogP contribution in [-0.2, 0) is 6.42 Å². The molecule has 1 atom stereocenters. The Balaban J connectivity index is 1.51. The molecule has 2 N–H and O–H groups in total. The molecule has 5 rings (SSSR count). The number of fused-ring (bicyclic) bond motifs is 2. The molecule has 2 aliphatic heterocycles. The molecule has 8 heteroatoms. The highest BCUT2D eigenvalue weighted by Crippen LogP contribution is 2.39. The summed E-state index contributed by atoms with van der Waals surface area (Å²) in [5.74, 6) is -0.804. The summed E-state index contributed by atoms with van der Waals surface area (Å²) in [5.41, 5.74) is 3.84. The van der Waals surface area contributed by atoms with Crippen molar-refractivity contribution in [2.75, 3.05) is 16.8 Å². The average molecular weight is 447 g/mol. The van der Waals surface area contributed by atoms with Crippen LogP contribution in [0.25, 0.3) is 0 Å². The Morgan fingerprint density at radius 1 is 1.22 bits per heavy atom. The number of hydrogen-bond acceptors (Lipinski definition) is 3. The first-order valence-corrected chi connectivity index (χ1v) is 10.3. The number of carbonyl (C=O) groups excluding carboxylic acids is 2. The van der Waals surface area contributed by atoms with Crippen molar-refractivity contribution < 1.29 is 14.0 Å². The predicted octanol–water partition coefficient (Wildman–Crippen LogP) is 4.78. The minimum Gasteiger partial charge on any atom is -0.341 e. The average Bonchev–Trinajstić information content (AvgIpc) is 3.37. The van der Waals surface area contributed by atoms with Crippen molar-refractivity contribution in [1.29, 1.82) is 5.26 Å². The lowest BCUT2D eigenvalue weighted by Gasteiger charge is -2.21. The van der Waals surface area contributed by atoms with E-state index >= 15 is 0 Å². The Morgan fingerprint density at radius 2 is 2.03 bits per heavy atom. The fourth-order valence-corrected chi connectivity index (χ4v) is 4.59. The predicted molar refractivity (Wildman–Crippen MR) is 118 cm³/mol. The highest BCUT2D eigenvalue weighted by Gasteiger charge is 2.35. The largest absolute Gasteiger partial charge is 0.341 e. The van der Waals surface area contributed by atoms with E-state index in [1.165, 1.54) is 18.2 Å². The summed E-state index contributed by atoms with van der Waals surface area (Å²) in [6.07, 6.45) is 0.584. The molecule has 0 spiro atoms. The van der Waals surface area contributed by atoms with Crippen LogP contribution < -0.4 is 15.5 Å². The molecule has 2 heterocycles.